The van der Waals surface area contributed by atoms with Crippen LogP contribution in [0, 0.1) is 12.3 Å². The maximum absolute atomic E-state index is 12.9. The van der Waals surface area contributed by atoms with E-state index in [0.29, 0.717) is 29.9 Å². The van der Waals surface area contributed by atoms with Crippen molar-refractivity contribution >= 4 is 17.6 Å². The Morgan fingerprint density at radius 1 is 1.15 bits per heavy atom. The van der Waals surface area contributed by atoms with Gasteiger partial charge in [-0.25, -0.2) is 15.0 Å². The lowest BCUT2D eigenvalue weighted by Gasteiger charge is -2.38. The number of aliphatic carboxylic acids is 1. The standard InChI is InChI=1S/C23H24F3N5O3/c1-14-9-15(29-20-27-8-3-17(30-20)23(24,25)26)11-16(10-14)31-12-18(28-13-31)22(34)6-4-21(2,5-7-22)19(32)33/h3,8-13,34H,4-7H2,1-2H3,(H,32,33)(H,27,29,30)/t21-,22+. The summed E-state index contributed by atoms with van der Waals surface area (Å²) >= 11 is 0. The summed E-state index contributed by atoms with van der Waals surface area (Å²) < 4.78 is 40.5. The number of nitrogens with zero attached hydrogens (tertiary/aromatic N) is 4. The first-order valence-electron chi connectivity index (χ1n) is 10.7. The third-order valence-electron chi connectivity index (χ3n) is 6.32. The molecule has 3 aromatic rings. The van der Waals surface area contributed by atoms with E-state index in [1.807, 2.05) is 13.0 Å². The lowest BCUT2D eigenvalue weighted by molar-refractivity contribution is -0.153. The van der Waals surface area contributed by atoms with Crippen molar-refractivity contribution in [2.24, 2.45) is 5.41 Å². The van der Waals surface area contributed by atoms with Gasteiger partial charge in [-0.2, -0.15) is 13.2 Å². The Morgan fingerprint density at radius 2 is 1.85 bits per heavy atom. The number of hydrogen-bond donors (Lipinski definition) is 3. The SMILES string of the molecule is Cc1cc(Nc2nccc(C(F)(F)F)n2)cc(-n2cnc([C@]3(O)CC[C@@](C)(C(=O)O)CC3)c2)c1. The highest BCUT2D eigenvalue weighted by Gasteiger charge is 2.45. The molecular formula is C23H24F3N5O3. The van der Waals surface area contributed by atoms with Crippen LogP contribution in [0.15, 0.2) is 43.0 Å². The van der Waals surface area contributed by atoms with Gasteiger partial charge in [0.05, 0.1) is 17.4 Å². The zero-order valence-electron chi connectivity index (χ0n) is 18.6. The molecule has 1 aliphatic rings. The highest BCUT2D eigenvalue weighted by Crippen LogP contribution is 2.45. The van der Waals surface area contributed by atoms with E-state index in [4.69, 9.17) is 0 Å². The van der Waals surface area contributed by atoms with Crippen molar-refractivity contribution in [2.75, 3.05) is 5.32 Å². The van der Waals surface area contributed by atoms with Gasteiger partial charge in [-0.05, 0) is 69.4 Å². The van der Waals surface area contributed by atoms with Gasteiger partial charge < -0.3 is 20.1 Å². The molecule has 0 bridgehead atoms. The fourth-order valence-corrected chi connectivity index (χ4v) is 4.08. The van der Waals surface area contributed by atoms with E-state index in [1.54, 1.807) is 29.8 Å². The number of carbonyl (C=O) groups is 1. The molecule has 1 aromatic carbocycles. The average molecular weight is 475 g/mol. The number of aryl methyl sites for hydroxylation is 1. The zero-order valence-corrected chi connectivity index (χ0v) is 18.6. The second kappa shape index (κ2) is 8.39. The second-order valence-electron chi connectivity index (χ2n) is 9.01. The summed E-state index contributed by atoms with van der Waals surface area (Å²) in [7, 11) is 0. The Morgan fingerprint density at radius 3 is 2.50 bits per heavy atom. The lowest BCUT2D eigenvalue weighted by Crippen LogP contribution is -2.40. The number of hydrogen-bond acceptors (Lipinski definition) is 6. The normalized spacial score (nSPS) is 23.0. The van der Waals surface area contributed by atoms with E-state index in [1.165, 1.54) is 6.33 Å². The molecule has 0 saturated heterocycles. The Hall–Kier alpha value is -3.47. The molecule has 0 atom stereocenters. The number of alkyl halides is 3. The van der Waals surface area contributed by atoms with E-state index in [9.17, 15) is 28.2 Å². The summed E-state index contributed by atoms with van der Waals surface area (Å²) in [5.41, 5.74) is -0.708. The molecule has 3 N–H and O–H groups in total. The molecule has 0 amide bonds. The number of nitrogens with one attached hydrogen (secondary N) is 1. The van der Waals surface area contributed by atoms with Crippen molar-refractivity contribution in [3.63, 3.8) is 0 Å². The minimum absolute atomic E-state index is 0.185. The number of imidazole rings is 1. The number of benzene rings is 1. The van der Waals surface area contributed by atoms with Crippen LogP contribution in [0.3, 0.4) is 0 Å². The van der Waals surface area contributed by atoms with Gasteiger partial charge in [-0.3, -0.25) is 4.79 Å². The molecule has 0 aliphatic heterocycles. The molecular weight excluding hydrogens is 451 g/mol. The first-order valence-corrected chi connectivity index (χ1v) is 10.7. The molecule has 2 heterocycles. The molecule has 4 rings (SSSR count). The summed E-state index contributed by atoms with van der Waals surface area (Å²) in [6, 6.07) is 6.10. The number of halogens is 3. The Balaban J connectivity index is 1.56. The molecule has 34 heavy (non-hydrogen) atoms. The summed E-state index contributed by atoms with van der Waals surface area (Å²) in [5, 5.41) is 23.4. The van der Waals surface area contributed by atoms with Gasteiger partial charge >= 0.3 is 12.1 Å². The smallest absolute Gasteiger partial charge is 0.433 e. The van der Waals surface area contributed by atoms with Gasteiger partial charge in [0.15, 0.2) is 0 Å². The predicted octanol–water partition coefficient (Wildman–Crippen LogP) is 4.59. The molecule has 8 nitrogen and oxygen atoms in total. The molecule has 180 valence electrons. The van der Waals surface area contributed by atoms with Crippen LogP contribution in [-0.2, 0) is 16.6 Å². The van der Waals surface area contributed by atoms with Crippen LogP contribution in [0.5, 0.6) is 0 Å². The monoisotopic (exact) mass is 475 g/mol. The lowest BCUT2D eigenvalue weighted by atomic mass is 9.69. The number of aromatic nitrogens is 4. The van der Waals surface area contributed by atoms with Crippen LogP contribution >= 0.6 is 0 Å². The van der Waals surface area contributed by atoms with Crippen molar-refractivity contribution in [3.8, 4) is 5.69 Å². The highest BCUT2D eigenvalue weighted by molar-refractivity contribution is 5.74. The Bertz CT molecular complexity index is 1220. The number of anilines is 2. The quantitative estimate of drug-likeness (QED) is 0.495. The molecule has 0 unspecified atom stereocenters. The third-order valence-corrected chi connectivity index (χ3v) is 6.32. The largest absolute Gasteiger partial charge is 0.481 e. The van der Waals surface area contributed by atoms with Crippen LogP contribution in [-0.4, -0.2) is 35.7 Å². The fourth-order valence-electron chi connectivity index (χ4n) is 4.08. The molecule has 1 saturated carbocycles. The van der Waals surface area contributed by atoms with Crippen LogP contribution in [0.2, 0.25) is 0 Å². The van der Waals surface area contributed by atoms with E-state index < -0.39 is 28.9 Å². The first-order chi connectivity index (χ1) is 15.9. The molecule has 1 aliphatic carbocycles. The predicted molar refractivity (Wildman–Crippen MR) is 117 cm³/mol. The van der Waals surface area contributed by atoms with Gasteiger partial charge in [0.25, 0.3) is 0 Å². The van der Waals surface area contributed by atoms with Crippen LogP contribution < -0.4 is 5.32 Å². The van der Waals surface area contributed by atoms with Gasteiger partial charge in [-0.1, -0.05) is 0 Å². The zero-order chi connectivity index (χ0) is 24.7. The minimum atomic E-state index is -4.58. The van der Waals surface area contributed by atoms with Gasteiger partial charge in [0.1, 0.15) is 11.3 Å². The van der Waals surface area contributed by atoms with Crippen molar-refractivity contribution in [3.05, 3.63) is 59.9 Å². The van der Waals surface area contributed by atoms with Crippen LogP contribution in [0.1, 0.15) is 49.6 Å². The number of carboxylic acid groups (broad SMARTS) is 1. The molecule has 2 aromatic heterocycles. The van der Waals surface area contributed by atoms with Gasteiger partial charge in [0, 0.05) is 23.8 Å². The van der Waals surface area contributed by atoms with Gasteiger partial charge in [0.2, 0.25) is 5.95 Å². The highest BCUT2D eigenvalue weighted by atomic mass is 19.4. The van der Waals surface area contributed by atoms with Gasteiger partial charge in [-0.15, -0.1) is 0 Å². The van der Waals surface area contributed by atoms with Crippen molar-refractivity contribution in [1.82, 2.24) is 19.5 Å². The first kappa shape index (κ1) is 23.7. The average Bonchev–Trinajstić information content (AvgIpc) is 3.26. The fraction of sp³-hybridized carbons (Fsp3) is 0.391. The maximum atomic E-state index is 12.9. The van der Waals surface area contributed by atoms with E-state index in [2.05, 4.69) is 20.3 Å². The van der Waals surface area contributed by atoms with E-state index in [-0.39, 0.29) is 18.8 Å². The van der Waals surface area contributed by atoms with Crippen LogP contribution in [0.25, 0.3) is 5.69 Å². The number of aliphatic hydroxyl groups is 1. The topological polar surface area (TPSA) is 113 Å². The molecule has 0 radical (unpaired) electrons. The van der Waals surface area contributed by atoms with E-state index >= 15 is 0 Å². The number of carboxylic acids is 1. The Labute approximate surface area is 193 Å². The summed E-state index contributed by atoms with van der Waals surface area (Å²) in [6.07, 6.45) is 0.909. The third kappa shape index (κ3) is 4.74. The summed E-state index contributed by atoms with van der Waals surface area (Å²) in [4.78, 5) is 23.3. The number of rotatable bonds is 5. The molecule has 11 heteroatoms. The van der Waals surface area contributed by atoms with Crippen molar-refractivity contribution < 1.29 is 28.2 Å². The maximum Gasteiger partial charge on any atom is 0.433 e. The molecule has 0 spiro atoms. The molecule has 1 fully saturated rings. The van der Waals surface area contributed by atoms with Crippen molar-refractivity contribution in [2.45, 2.75) is 51.3 Å². The van der Waals surface area contributed by atoms with Crippen molar-refractivity contribution in [1.29, 1.82) is 0 Å². The summed E-state index contributed by atoms with van der Waals surface area (Å²) in [5.74, 6) is -1.06. The Kier molecular flexibility index (Phi) is 5.84. The summed E-state index contributed by atoms with van der Waals surface area (Å²) in [6.45, 7) is 3.52. The minimum Gasteiger partial charge on any atom is -0.481 e. The van der Waals surface area contributed by atoms with E-state index in [0.717, 1.165) is 17.8 Å². The van der Waals surface area contributed by atoms with Crippen LogP contribution in [0.4, 0.5) is 24.8 Å². The second-order valence-corrected chi connectivity index (χ2v) is 9.01.